The average molecular weight is 297 g/mol. The molecule has 1 aliphatic rings. The fraction of sp³-hybridized carbons (Fsp3) is 0.600. The van der Waals surface area contributed by atoms with E-state index in [1.54, 1.807) is 0 Å². The van der Waals surface area contributed by atoms with E-state index in [1.807, 2.05) is 32.0 Å². The zero-order chi connectivity index (χ0) is 14.4. The van der Waals surface area contributed by atoms with Gasteiger partial charge in [-0.1, -0.05) is 18.2 Å². The van der Waals surface area contributed by atoms with Crippen molar-refractivity contribution < 1.29 is 13.6 Å². The monoisotopic (exact) mass is 297 g/mol. The van der Waals surface area contributed by atoms with Gasteiger partial charge in [0.15, 0.2) is 0 Å². The molecule has 1 fully saturated rings. The Morgan fingerprint density at radius 2 is 1.85 bits per heavy atom. The number of benzene rings is 1. The van der Waals surface area contributed by atoms with Crippen LogP contribution >= 0.6 is 7.60 Å². The molecule has 0 amide bonds. The van der Waals surface area contributed by atoms with E-state index in [4.69, 9.17) is 9.05 Å². The molecule has 1 heterocycles. The van der Waals surface area contributed by atoms with E-state index in [1.165, 1.54) is 5.69 Å². The van der Waals surface area contributed by atoms with Gasteiger partial charge in [0.25, 0.3) is 0 Å². The summed E-state index contributed by atoms with van der Waals surface area (Å²) in [5.41, 5.74) is 1.19. The second-order valence-electron chi connectivity index (χ2n) is 4.95. The molecule has 1 aliphatic heterocycles. The summed E-state index contributed by atoms with van der Waals surface area (Å²) in [6.07, 6.45) is 2.64. The van der Waals surface area contributed by atoms with E-state index in [0.717, 1.165) is 19.4 Å². The molecule has 0 bridgehead atoms. The normalized spacial score (nSPS) is 19.5. The minimum absolute atomic E-state index is 0.237. The van der Waals surface area contributed by atoms with E-state index in [0.29, 0.717) is 19.4 Å². The Morgan fingerprint density at radius 3 is 2.45 bits per heavy atom. The minimum Gasteiger partial charge on any atom is -0.368 e. The van der Waals surface area contributed by atoms with E-state index < -0.39 is 7.60 Å². The first-order valence-electron chi connectivity index (χ1n) is 7.38. The maximum Gasteiger partial charge on any atom is 0.332 e. The molecule has 0 radical (unpaired) electrons. The molecule has 1 unspecified atom stereocenters. The van der Waals surface area contributed by atoms with Crippen molar-refractivity contribution in [3.05, 3.63) is 30.3 Å². The molecule has 0 aliphatic carbocycles. The number of para-hydroxylation sites is 1. The van der Waals surface area contributed by atoms with Gasteiger partial charge in [0, 0.05) is 18.3 Å². The Hall–Kier alpha value is -0.830. The van der Waals surface area contributed by atoms with Crippen LogP contribution in [-0.2, 0) is 13.6 Å². The first-order chi connectivity index (χ1) is 9.68. The van der Waals surface area contributed by atoms with Crippen LogP contribution in [0.5, 0.6) is 0 Å². The molecule has 1 saturated heterocycles. The van der Waals surface area contributed by atoms with Crippen molar-refractivity contribution in [1.29, 1.82) is 0 Å². The standard InChI is InChI=1S/C15H24NO3P/c1-3-18-20(17,19-4-2)13-15-11-8-12-16(15)14-9-6-5-7-10-14/h5-7,9-10,15H,3-4,8,11-13H2,1-2H3. The van der Waals surface area contributed by atoms with Gasteiger partial charge in [-0.2, -0.15) is 0 Å². The van der Waals surface area contributed by atoms with Gasteiger partial charge < -0.3 is 13.9 Å². The van der Waals surface area contributed by atoms with Gasteiger partial charge >= 0.3 is 7.60 Å². The number of nitrogens with zero attached hydrogens (tertiary/aromatic N) is 1. The zero-order valence-corrected chi connectivity index (χ0v) is 13.2. The molecule has 20 heavy (non-hydrogen) atoms. The maximum atomic E-state index is 12.7. The molecule has 1 aromatic rings. The summed E-state index contributed by atoms with van der Waals surface area (Å²) in [4.78, 5) is 2.32. The van der Waals surface area contributed by atoms with Crippen molar-refractivity contribution >= 4 is 13.3 Å². The predicted octanol–water partition coefficient (Wildman–Crippen LogP) is 3.92. The average Bonchev–Trinajstić information content (AvgIpc) is 2.88. The molecule has 0 spiro atoms. The molecule has 2 rings (SSSR count). The maximum absolute atomic E-state index is 12.7. The van der Waals surface area contributed by atoms with Crippen molar-refractivity contribution in [3.63, 3.8) is 0 Å². The Kier molecular flexibility index (Phi) is 5.64. The van der Waals surface area contributed by atoms with Crippen LogP contribution in [0.25, 0.3) is 0 Å². The summed E-state index contributed by atoms with van der Waals surface area (Å²) in [7, 11) is -2.97. The number of anilines is 1. The van der Waals surface area contributed by atoms with Crippen molar-refractivity contribution in [2.45, 2.75) is 32.7 Å². The lowest BCUT2D eigenvalue weighted by Gasteiger charge is -2.29. The van der Waals surface area contributed by atoms with Gasteiger partial charge in [-0.05, 0) is 38.8 Å². The highest BCUT2D eigenvalue weighted by atomic mass is 31.2. The number of hydrogen-bond donors (Lipinski definition) is 0. The van der Waals surface area contributed by atoms with Gasteiger partial charge in [0.1, 0.15) is 0 Å². The molecular weight excluding hydrogens is 273 g/mol. The quantitative estimate of drug-likeness (QED) is 0.715. The molecule has 0 N–H and O–H groups in total. The third-order valence-corrected chi connectivity index (χ3v) is 5.72. The van der Waals surface area contributed by atoms with Crippen LogP contribution in [0, 0.1) is 0 Å². The molecule has 112 valence electrons. The van der Waals surface area contributed by atoms with Gasteiger partial charge in [-0.3, -0.25) is 4.57 Å². The van der Waals surface area contributed by atoms with Gasteiger partial charge in [-0.25, -0.2) is 0 Å². The van der Waals surface area contributed by atoms with Crippen LogP contribution in [0.15, 0.2) is 30.3 Å². The summed E-state index contributed by atoms with van der Waals surface area (Å²) in [6, 6.07) is 10.5. The first kappa shape index (κ1) is 15.6. The highest BCUT2D eigenvalue weighted by Crippen LogP contribution is 2.50. The lowest BCUT2D eigenvalue weighted by molar-refractivity contribution is 0.218. The molecule has 4 nitrogen and oxygen atoms in total. The second kappa shape index (κ2) is 7.26. The van der Waals surface area contributed by atoms with E-state index >= 15 is 0 Å². The smallest absolute Gasteiger partial charge is 0.332 e. The molecule has 1 atom stereocenters. The summed E-state index contributed by atoms with van der Waals surface area (Å²) < 4.78 is 23.5. The lowest BCUT2D eigenvalue weighted by Crippen LogP contribution is -2.32. The third kappa shape index (κ3) is 3.85. The number of hydrogen-bond acceptors (Lipinski definition) is 4. The van der Waals surface area contributed by atoms with E-state index in [9.17, 15) is 4.57 Å². The zero-order valence-electron chi connectivity index (χ0n) is 12.3. The van der Waals surface area contributed by atoms with Gasteiger partial charge in [0.05, 0.1) is 19.4 Å². The SMILES string of the molecule is CCOP(=O)(CC1CCCN1c1ccccc1)OCC. The molecular formula is C15H24NO3P. The molecule has 5 heteroatoms. The van der Waals surface area contributed by atoms with Crippen LogP contribution in [0.3, 0.4) is 0 Å². The second-order valence-corrected chi connectivity index (χ2v) is 7.06. The van der Waals surface area contributed by atoms with Crippen molar-refractivity contribution in [1.82, 2.24) is 0 Å². The van der Waals surface area contributed by atoms with Crippen LogP contribution in [0.2, 0.25) is 0 Å². The van der Waals surface area contributed by atoms with Crippen LogP contribution in [0.4, 0.5) is 5.69 Å². The summed E-state index contributed by atoms with van der Waals surface area (Å²) in [5, 5.41) is 0. The van der Waals surface area contributed by atoms with Crippen molar-refractivity contribution in [2.75, 3.05) is 30.8 Å². The molecule has 1 aromatic carbocycles. The van der Waals surface area contributed by atoms with E-state index in [-0.39, 0.29) is 6.04 Å². The highest BCUT2D eigenvalue weighted by Gasteiger charge is 2.34. The minimum atomic E-state index is -2.97. The number of rotatable bonds is 7. The summed E-state index contributed by atoms with van der Waals surface area (Å²) >= 11 is 0. The third-order valence-electron chi connectivity index (χ3n) is 3.55. The van der Waals surface area contributed by atoms with Crippen LogP contribution < -0.4 is 4.90 Å². The largest absolute Gasteiger partial charge is 0.368 e. The molecule has 0 saturated carbocycles. The fourth-order valence-electron chi connectivity index (χ4n) is 2.78. The lowest BCUT2D eigenvalue weighted by atomic mass is 10.2. The predicted molar refractivity (Wildman–Crippen MR) is 82.5 cm³/mol. The van der Waals surface area contributed by atoms with Crippen LogP contribution in [0.1, 0.15) is 26.7 Å². The van der Waals surface area contributed by atoms with Gasteiger partial charge in [0.2, 0.25) is 0 Å². The summed E-state index contributed by atoms with van der Waals surface area (Å²) in [5.74, 6) is 0. The summed E-state index contributed by atoms with van der Waals surface area (Å²) in [6.45, 7) is 5.57. The van der Waals surface area contributed by atoms with Crippen molar-refractivity contribution in [2.24, 2.45) is 0 Å². The fourth-order valence-corrected chi connectivity index (χ4v) is 4.75. The molecule has 0 aromatic heterocycles. The van der Waals surface area contributed by atoms with E-state index in [2.05, 4.69) is 17.0 Å². The first-order valence-corrected chi connectivity index (χ1v) is 9.11. The Morgan fingerprint density at radius 1 is 1.20 bits per heavy atom. The van der Waals surface area contributed by atoms with Gasteiger partial charge in [-0.15, -0.1) is 0 Å². The van der Waals surface area contributed by atoms with Crippen molar-refractivity contribution in [3.8, 4) is 0 Å². The highest BCUT2D eigenvalue weighted by molar-refractivity contribution is 7.53. The Labute approximate surface area is 121 Å². The Bertz CT molecular complexity index is 442. The van der Waals surface area contributed by atoms with Crippen LogP contribution in [-0.4, -0.2) is 32.0 Å². The Balaban J connectivity index is 2.09. The topological polar surface area (TPSA) is 38.8 Å².